The molecule has 1 aromatic carbocycles. The van der Waals surface area contributed by atoms with Crippen molar-refractivity contribution in [2.75, 3.05) is 13.1 Å². The first-order valence-corrected chi connectivity index (χ1v) is 10.1. The van der Waals surface area contributed by atoms with Crippen molar-refractivity contribution in [1.29, 1.82) is 0 Å². The quantitative estimate of drug-likeness (QED) is 0.820. The molecule has 6 heteroatoms. The molecule has 2 aromatic rings. The Bertz CT molecular complexity index is 866. The Hall–Kier alpha value is -2.37. The van der Waals surface area contributed by atoms with Gasteiger partial charge in [-0.05, 0) is 48.3 Å². The molecule has 2 heterocycles. The van der Waals surface area contributed by atoms with E-state index in [0.717, 1.165) is 23.3 Å². The van der Waals surface area contributed by atoms with Gasteiger partial charge in [0, 0.05) is 32.4 Å². The van der Waals surface area contributed by atoms with E-state index < -0.39 is 5.97 Å². The van der Waals surface area contributed by atoms with Gasteiger partial charge in [-0.25, -0.2) is 4.98 Å². The van der Waals surface area contributed by atoms with Gasteiger partial charge in [0.1, 0.15) is 5.82 Å². The lowest BCUT2D eigenvalue weighted by Gasteiger charge is -2.39. The summed E-state index contributed by atoms with van der Waals surface area (Å²) in [5, 5.41) is 9.32. The third-order valence-electron chi connectivity index (χ3n) is 5.50. The molecule has 1 aliphatic heterocycles. The van der Waals surface area contributed by atoms with E-state index in [1.807, 2.05) is 24.0 Å². The third kappa shape index (κ3) is 5.12. The van der Waals surface area contributed by atoms with Crippen molar-refractivity contribution in [2.45, 2.75) is 53.4 Å². The molecule has 2 atom stereocenters. The van der Waals surface area contributed by atoms with Crippen LogP contribution < -0.4 is 0 Å². The Labute approximate surface area is 166 Å². The summed E-state index contributed by atoms with van der Waals surface area (Å²) in [4.78, 5) is 34.0. The number of aliphatic carboxylic acids is 1. The molecule has 0 saturated carbocycles. The van der Waals surface area contributed by atoms with Crippen LogP contribution in [0.15, 0.2) is 18.2 Å². The molecule has 0 bridgehead atoms. The molecule has 0 aliphatic carbocycles. The highest BCUT2D eigenvalue weighted by atomic mass is 16.4. The van der Waals surface area contributed by atoms with Crippen LogP contribution in [0.4, 0.5) is 0 Å². The largest absolute Gasteiger partial charge is 0.481 e. The number of piperidine rings is 1. The number of nitrogens with zero attached hydrogens (tertiary/aromatic N) is 2. The monoisotopic (exact) mass is 385 g/mol. The lowest BCUT2D eigenvalue weighted by molar-refractivity contribution is -0.140. The van der Waals surface area contributed by atoms with Gasteiger partial charge in [-0.15, -0.1) is 0 Å². The topological polar surface area (TPSA) is 86.3 Å². The smallest absolute Gasteiger partial charge is 0.303 e. The van der Waals surface area contributed by atoms with Crippen molar-refractivity contribution in [3.63, 3.8) is 0 Å². The minimum atomic E-state index is -0.773. The van der Waals surface area contributed by atoms with Crippen molar-refractivity contribution in [1.82, 2.24) is 14.9 Å². The Morgan fingerprint density at radius 2 is 2.04 bits per heavy atom. The van der Waals surface area contributed by atoms with Gasteiger partial charge in [0.2, 0.25) is 5.91 Å². The third-order valence-corrected chi connectivity index (χ3v) is 5.50. The lowest BCUT2D eigenvalue weighted by Crippen LogP contribution is -2.46. The summed E-state index contributed by atoms with van der Waals surface area (Å²) in [6.07, 6.45) is 2.04. The number of carbonyl (C=O) groups is 2. The number of likely N-dealkylation sites (tertiary alicyclic amines) is 1. The molecule has 0 spiro atoms. The van der Waals surface area contributed by atoms with Crippen molar-refractivity contribution in [3.05, 3.63) is 29.6 Å². The number of H-pyrrole nitrogens is 1. The lowest BCUT2D eigenvalue weighted by atomic mass is 9.80. The number of aryl methyl sites for hydroxylation is 1. The zero-order valence-corrected chi connectivity index (χ0v) is 17.3. The number of benzene rings is 1. The maximum Gasteiger partial charge on any atom is 0.303 e. The molecule has 152 valence electrons. The van der Waals surface area contributed by atoms with E-state index >= 15 is 0 Å². The number of imidazole rings is 1. The predicted octanol–water partition coefficient (Wildman–Crippen LogP) is 3.79. The standard InChI is InChI=1S/C22H31N3O3/c1-14-5-6-17-18(9-14)24-19(23-17)10-16-13-25(20(26)12-22(2,3)4)8-7-15(16)11-21(27)28/h5-6,9,15-16H,7-8,10-13H2,1-4H3,(H,23,24)(H,27,28). The van der Waals surface area contributed by atoms with E-state index in [9.17, 15) is 14.7 Å². The van der Waals surface area contributed by atoms with Crippen LogP contribution in [0, 0.1) is 24.2 Å². The van der Waals surface area contributed by atoms with Gasteiger partial charge in [-0.1, -0.05) is 26.8 Å². The van der Waals surface area contributed by atoms with Crippen LogP contribution >= 0.6 is 0 Å². The molecule has 2 unspecified atom stereocenters. The second-order valence-corrected chi connectivity index (χ2v) is 9.39. The highest BCUT2D eigenvalue weighted by Crippen LogP contribution is 2.31. The fraction of sp³-hybridized carbons (Fsp3) is 0.591. The van der Waals surface area contributed by atoms with Crippen LogP contribution in [0.2, 0.25) is 0 Å². The van der Waals surface area contributed by atoms with Crippen molar-refractivity contribution in [3.8, 4) is 0 Å². The fourth-order valence-corrected chi connectivity index (χ4v) is 4.12. The molecule has 3 rings (SSSR count). The normalized spacial score (nSPS) is 20.5. The zero-order valence-electron chi connectivity index (χ0n) is 17.3. The van der Waals surface area contributed by atoms with E-state index in [1.165, 1.54) is 5.56 Å². The number of aromatic amines is 1. The van der Waals surface area contributed by atoms with E-state index in [2.05, 4.69) is 36.8 Å². The molecule has 0 radical (unpaired) electrons. The van der Waals surface area contributed by atoms with Gasteiger partial charge >= 0.3 is 5.97 Å². The minimum Gasteiger partial charge on any atom is -0.481 e. The predicted molar refractivity (Wildman–Crippen MR) is 109 cm³/mol. The number of fused-ring (bicyclic) bond motifs is 1. The van der Waals surface area contributed by atoms with Crippen LogP contribution in [0.5, 0.6) is 0 Å². The van der Waals surface area contributed by atoms with Gasteiger partial charge < -0.3 is 15.0 Å². The Balaban J connectivity index is 1.77. The van der Waals surface area contributed by atoms with Gasteiger partial charge in [0.15, 0.2) is 0 Å². The molecule has 1 amide bonds. The van der Waals surface area contributed by atoms with Crippen LogP contribution in [-0.2, 0) is 16.0 Å². The molecule has 6 nitrogen and oxygen atoms in total. The van der Waals surface area contributed by atoms with Crippen molar-refractivity contribution in [2.24, 2.45) is 17.3 Å². The second kappa shape index (κ2) is 7.94. The molecule has 2 N–H and O–H groups in total. The Morgan fingerprint density at radius 1 is 1.29 bits per heavy atom. The average Bonchev–Trinajstić information content (AvgIpc) is 2.95. The summed E-state index contributed by atoms with van der Waals surface area (Å²) in [5.41, 5.74) is 3.04. The van der Waals surface area contributed by atoms with Gasteiger partial charge in [-0.3, -0.25) is 9.59 Å². The van der Waals surface area contributed by atoms with E-state index in [4.69, 9.17) is 0 Å². The van der Waals surface area contributed by atoms with Gasteiger partial charge in [0.25, 0.3) is 0 Å². The molecular weight excluding hydrogens is 354 g/mol. The van der Waals surface area contributed by atoms with Crippen LogP contribution in [0.1, 0.15) is 51.4 Å². The zero-order chi connectivity index (χ0) is 20.5. The first kappa shape index (κ1) is 20.4. The molecule has 1 fully saturated rings. The first-order valence-electron chi connectivity index (χ1n) is 10.1. The number of carboxylic acids is 1. The van der Waals surface area contributed by atoms with E-state index in [-0.39, 0.29) is 29.6 Å². The van der Waals surface area contributed by atoms with E-state index in [1.54, 1.807) is 0 Å². The number of carbonyl (C=O) groups excluding carboxylic acids is 1. The summed E-state index contributed by atoms with van der Waals surface area (Å²) >= 11 is 0. The van der Waals surface area contributed by atoms with Crippen LogP contribution in [0.3, 0.4) is 0 Å². The molecule has 1 aliphatic rings. The maximum atomic E-state index is 12.7. The number of amides is 1. The fourth-order valence-electron chi connectivity index (χ4n) is 4.12. The van der Waals surface area contributed by atoms with Crippen LogP contribution in [0.25, 0.3) is 11.0 Å². The van der Waals surface area contributed by atoms with Crippen molar-refractivity contribution >= 4 is 22.9 Å². The van der Waals surface area contributed by atoms with E-state index in [0.29, 0.717) is 25.9 Å². The number of rotatable bonds is 5. The summed E-state index contributed by atoms with van der Waals surface area (Å²) in [6, 6.07) is 6.10. The number of carboxylic acid groups (broad SMARTS) is 1. The Morgan fingerprint density at radius 3 is 2.71 bits per heavy atom. The molecular formula is C22H31N3O3. The number of nitrogens with one attached hydrogen (secondary N) is 1. The van der Waals surface area contributed by atoms with Gasteiger partial charge in [0.05, 0.1) is 11.0 Å². The summed E-state index contributed by atoms with van der Waals surface area (Å²) < 4.78 is 0. The number of aromatic nitrogens is 2. The highest BCUT2D eigenvalue weighted by molar-refractivity contribution is 5.77. The van der Waals surface area contributed by atoms with Gasteiger partial charge in [-0.2, -0.15) is 0 Å². The summed E-state index contributed by atoms with van der Waals surface area (Å²) in [5.74, 6) is 0.406. The number of hydrogen-bond donors (Lipinski definition) is 2. The minimum absolute atomic E-state index is 0.0545. The molecule has 28 heavy (non-hydrogen) atoms. The maximum absolute atomic E-state index is 12.7. The number of hydrogen-bond acceptors (Lipinski definition) is 3. The van der Waals surface area contributed by atoms with Crippen molar-refractivity contribution < 1.29 is 14.7 Å². The molecule has 1 aromatic heterocycles. The SMILES string of the molecule is Cc1ccc2nc(CC3CN(C(=O)CC(C)(C)C)CCC3CC(=O)O)[nH]c2c1. The van der Waals surface area contributed by atoms with Crippen LogP contribution in [-0.4, -0.2) is 44.9 Å². The Kier molecular flexibility index (Phi) is 5.77. The first-order chi connectivity index (χ1) is 13.1. The summed E-state index contributed by atoms with van der Waals surface area (Å²) in [6.45, 7) is 9.48. The average molecular weight is 386 g/mol. The summed E-state index contributed by atoms with van der Waals surface area (Å²) in [7, 11) is 0. The second-order valence-electron chi connectivity index (χ2n) is 9.39. The highest BCUT2D eigenvalue weighted by Gasteiger charge is 2.34. The molecule has 1 saturated heterocycles.